The van der Waals surface area contributed by atoms with Crippen molar-refractivity contribution in [3.05, 3.63) is 77.2 Å². The van der Waals surface area contributed by atoms with Gasteiger partial charge in [-0.15, -0.1) is 11.3 Å². The van der Waals surface area contributed by atoms with Gasteiger partial charge in [0.25, 0.3) is 21.8 Å². The number of ether oxygens (including phenoxy) is 2. The summed E-state index contributed by atoms with van der Waals surface area (Å²) in [6.45, 7) is 6.04. The molecule has 0 unspecified atom stereocenters. The van der Waals surface area contributed by atoms with E-state index < -0.39 is 22.2 Å². The second-order valence-electron chi connectivity index (χ2n) is 11.5. The van der Waals surface area contributed by atoms with Gasteiger partial charge >= 0.3 is 0 Å². The maximum absolute atomic E-state index is 14.3. The standard InChI is InChI=1S/C33H43N3O7S2/c1-23-20-36(24(2)22-37)33(39)28-19-27(34-32(38)26-12-6-5-7-13-26)15-16-29(28)43-25(3)11-8-9-17-42-30(23)21-35(4)45(40,41)31-14-10-18-44-31/h5-7,10,12-16,18-19,23-25,30,37H,8-9,11,17,20-22H2,1-4H3,(H,34,38)/t23-,24+,25-,30-/m0/s1. The molecule has 2 N–H and O–H groups in total. The van der Waals surface area contributed by atoms with Crippen LogP contribution in [0.4, 0.5) is 5.69 Å². The summed E-state index contributed by atoms with van der Waals surface area (Å²) < 4.78 is 40.5. The number of amides is 2. The molecule has 10 nitrogen and oxygen atoms in total. The molecule has 2 heterocycles. The zero-order valence-electron chi connectivity index (χ0n) is 26.2. The summed E-state index contributed by atoms with van der Waals surface area (Å²) in [6, 6.07) is 16.5. The number of anilines is 1. The third kappa shape index (κ3) is 8.92. The van der Waals surface area contributed by atoms with Crippen LogP contribution in [0, 0.1) is 5.92 Å². The minimum atomic E-state index is -3.71. The van der Waals surface area contributed by atoms with E-state index in [4.69, 9.17) is 9.47 Å². The Kier molecular flexibility index (Phi) is 12.2. The molecule has 0 saturated carbocycles. The van der Waals surface area contributed by atoms with Crippen LogP contribution in [-0.2, 0) is 14.8 Å². The van der Waals surface area contributed by atoms with Crippen molar-refractivity contribution >= 4 is 38.9 Å². The number of nitrogens with one attached hydrogen (secondary N) is 1. The summed E-state index contributed by atoms with van der Waals surface area (Å²) in [5.74, 6) is -0.596. The van der Waals surface area contributed by atoms with Crippen molar-refractivity contribution in [1.29, 1.82) is 0 Å². The molecule has 0 radical (unpaired) electrons. The van der Waals surface area contributed by atoms with Gasteiger partial charge in [0.05, 0.1) is 30.4 Å². The number of carbonyl (C=O) groups excluding carboxylic acids is 2. The molecule has 0 saturated heterocycles. The van der Waals surface area contributed by atoms with Crippen molar-refractivity contribution in [3.63, 3.8) is 0 Å². The van der Waals surface area contributed by atoms with Crippen LogP contribution in [0.2, 0.25) is 0 Å². The first kappa shape index (κ1) is 34.6. The van der Waals surface area contributed by atoms with Crippen LogP contribution in [-0.4, -0.2) is 86.1 Å². The quantitative estimate of drug-likeness (QED) is 0.345. The molecule has 4 atom stereocenters. The van der Waals surface area contributed by atoms with Gasteiger partial charge in [-0.25, -0.2) is 8.42 Å². The van der Waals surface area contributed by atoms with Gasteiger partial charge in [0.1, 0.15) is 9.96 Å². The number of rotatable bonds is 8. The summed E-state index contributed by atoms with van der Waals surface area (Å²) in [5, 5.41) is 14.8. The molecule has 244 valence electrons. The van der Waals surface area contributed by atoms with Gasteiger partial charge in [-0.3, -0.25) is 9.59 Å². The number of benzene rings is 2. The molecule has 0 bridgehead atoms. The van der Waals surface area contributed by atoms with E-state index in [0.29, 0.717) is 30.0 Å². The summed E-state index contributed by atoms with van der Waals surface area (Å²) in [7, 11) is -2.17. The van der Waals surface area contributed by atoms with Gasteiger partial charge in [-0.2, -0.15) is 4.31 Å². The van der Waals surface area contributed by atoms with Crippen molar-refractivity contribution in [3.8, 4) is 5.75 Å². The highest BCUT2D eigenvalue weighted by molar-refractivity contribution is 7.91. The molecule has 45 heavy (non-hydrogen) atoms. The largest absolute Gasteiger partial charge is 0.490 e. The molecular formula is C33H43N3O7S2. The normalized spacial score (nSPS) is 21.0. The molecule has 1 aromatic heterocycles. The number of fused-ring (bicyclic) bond motifs is 1. The fourth-order valence-corrected chi connectivity index (χ4v) is 7.56. The van der Waals surface area contributed by atoms with Gasteiger partial charge in [0, 0.05) is 43.9 Å². The third-order valence-corrected chi connectivity index (χ3v) is 11.1. The maximum atomic E-state index is 14.3. The Bertz CT molecular complexity index is 1520. The maximum Gasteiger partial charge on any atom is 0.258 e. The number of sulfonamides is 1. The summed E-state index contributed by atoms with van der Waals surface area (Å²) in [6.07, 6.45) is 1.56. The number of hydrogen-bond donors (Lipinski definition) is 2. The van der Waals surface area contributed by atoms with Crippen LogP contribution in [0.5, 0.6) is 5.75 Å². The smallest absolute Gasteiger partial charge is 0.258 e. The average Bonchev–Trinajstić information content (AvgIpc) is 3.59. The van der Waals surface area contributed by atoms with Crippen molar-refractivity contribution in [2.45, 2.75) is 62.5 Å². The first-order chi connectivity index (χ1) is 21.5. The van der Waals surface area contributed by atoms with Crippen molar-refractivity contribution in [1.82, 2.24) is 9.21 Å². The second-order valence-corrected chi connectivity index (χ2v) is 14.8. The van der Waals surface area contributed by atoms with Gasteiger partial charge in [0.15, 0.2) is 0 Å². The fraction of sp³-hybridized carbons (Fsp3) is 0.455. The molecule has 0 aliphatic carbocycles. The SMILES string of the molecule is C[C@H](CO)N1C[C@H](C)[C@H](CN(C)S(=O)(=O)c2cccs2)OCCCC[C@H](C)Oc2ccc(NC(=O)c3ccccc3)cc2C1=O. The highest BCUT2D eigenvalue weighted by Crippen LogP contribution is 2.29. The van der Waals surface area contributed by atoms with E-state index in [2.05, 4.69) is 5.32 Å². The molecule has 12 heteroatoms. The molecule has 1 aliphatic rings. The predicted molar refractivity (Wildman–Crippen MR) is 175 cm³/mol. The van der Waals surface area contributed by atoms with Gasteiger partial charge < -0.3 is 24.8 Å². The fourth-order valence-electron chi connectivity index (χ4n) is 5.17. The zero-order chi connectivity index (χ0) is 32.6. The molecule has 1 aliphatic heterocycles. The predicted octanol–water partition coefficient (Wildman–Crippen LogP) is 5.12. The lowest BCUT2D eigenvalue weighted by Crippen LogP contribution is -2.48. The van der Waals surface area contributed by atoms with E-state index >= 15 is 0 Å². The number of aliphatic hydroxyl groups is 1. The molecule has 4 rings (SSSR count). The minimum Gasteiger partial charge on any atom is -0.490 e. The molecule has 2 aromatic carbocycles. The van der Waals surface area contributed by atoms with Crippen molar-refractivity contribution < 1.29 is 32.6 Å². The van der Waals surface area contributed by atoms with Gasteiger partial charge in [0.2, 0.25) is 0 Å². The summed E-state index contributed by atoms with van der Waals surface area (Å²) in [4.78, 5) is 28.7. The number of carbonyl (C=O) groups is 2. The lowest BCUT2D eigenvalue weighted by molar-refractivity contribution is -0.00832. The van der Waals surface area contributed by atoms with E-state index in [1.54, 1.807) is 71.8 Å². The van der Waals surface area contributed by atoms with E-state index in [-0.39, 0.29) is 53.3 Å². The third-order valence-electron chi connectivity index (χ3n) is 7.94. The van der Waals surface area contributed by atoms with Crippen LogP contribution >= 0.6 is 11.3 Å². The lowest BCUT2D eigenvalue weighted by Gasteiger charge is -2.35. The number of likely N-dealkylation sites (N-methyl/N-ethyl adjacent to an activating group) is 1. The van der Waals surface area contributed by atoms with Crippen LogP contribution in [0.1, 0.15) is 60.7 Å². The number of nitrogens with zero attached hydrogens (tertiary/aromatic N) is 2. The van der Waals surface area contributed by atoms with Crippen molar-refractivity contribution in [2.24, 2.45) is 5.92 Å². The minimum absolute atomic E-state index is 0.0999. The Morgan fingerprint density at radius 3 is 2.58 bits per heavy atom. The Hall–Kier alpha value is -3.29. The average molecular weight is 658 g/mol. The van der Waals surface area contributed by atoms with E-state index in [9.17, 15) is 23.1 Å². The first-order valence-corrected chi connectivity index (χ1v) is 17.5. The Labute approximate surface area is 270 Å². The molecule has 0 spiro atoms. The Morgan fingerprint density at radius 2 is 1.89 bits per heavy atom. The van der Waals surface area contributed by atoms with Crippen LogP contribution in [0.15, 0.2) is 70.3 Å². The van der Waals surface area contributed by atoms with E-state index in [0.717, 1.165) is 24.2 Å². The van der Waals surface area contributed by atoms with Crippen LogP contribution in [0.3, 0.4) is 0 Å². The highest BCUT2D eigenvalue weighted by atomic mass is 32.2. The monoisotopic (exact) mass is 657 g/mol. The lowest BCUT2D eigenvalue weighted by atomic mass is 10.0. The van der Waals surface area contributed by atoms with Crippen LogP contribution < -0.4 is 10.1 Å². The molecule has 3 aromatic rings. The Balaban J connectivity index is 1.65. The van der Waals surface area contributed by atoms with Crippen molar-refractivity contribution in [2.75, 3.05) is 38.7 Å². The zero-order valence-corrected chi connectivity index (χ0v) is 27.9. The summed E-state index contributed by atoms with van der Waals surface area (Å²) >= 11 is 1.16. The summed E-state index contributed by atoms with van der Waals surface area (Å²) in [5.41, 5.74) is 1.17. The Morgan fingerprint density at radius 1 is 1.13 bits per heavy atom. The topological polar surface area (TPSA) is 125 Å². The van der Waals surface area contributed by atoms with Gasteiger partial charge in [-0.05, 0) is 74.9 Å². The van der Waals surface area contributed by atoms with E-state index in [1.807, 2.05) is 19.9 Å². The molecular weight excluding hydrogens is 615 g/mol. The first-order valence-electron chi connectivity index (χ1n) is 15.2. The number of aliphatic hydroxyl groups excluding tert-OH is 1. The van der Waals surface area contributed by atoms with E-state index in [1.165, 1.54) is 11.4 Å². The van der Waals surface area contributed by atoms with Crippen LogP contribution in [0.25, 0.3) is 0 Å². The van der Waals surface area contributed by atoms with Gasteiger partial charge in [-0.1, -0.05) is 31.2 Å². The molecule has 0 fully saturated rings. The number of hydrogen-bond acceptors (Lipinski definition) is 8. The number of thiophene rings is 1. The highest BCUT2D eigenvalue weighted by Gasteiger charge is 2.32. The molecule has 2 amide bonds. The second kappa shape index (κ2) is 15.8.